The summed E-state index contributed by atoms with van der Waals surface area (Å²) in [5.41, 5.74) is 5.41. The number of anilines is 1. The van der Waals surface area contributed by atoms with Crippen molar-refractivity contribution in [3.63, 3.8) is 0 Å². The van der Waals surface area contributed by atoms with E-state index in [1.54, 1.807) is 22.6 Å². The molecular weight excluding hydrogens is 446 g/mol. The van der Waals surface area contributed by atoms with Crippen LogP contribution in [0, 0.1) is 0 Å². The SMILES string of the molecule is CC1(C)Cc2c(c(-c3ccccc3)nc3sc4c(NCC[NH+]5CCOCC5)ncnc4c23)CO1. The van der Waals surface area contributed by atoms with Crippen LogP contribution in [0.5, 0.6) is 0 Å². The Labute approximate surface area is 203 Å². The third-order valence-corrected chi connectivity index (χ3v) is 7.93. The van der Waals surface area contributed by atoms with Crippen LogP contribution in [0.15, 0.2) is 36.7 Å². The van der Waals surface area contributed by atoms with Gasteiger partial charge in [0.05, 0.1) is 54.4 Å². The van der Waals surface area contributed by atoms with Crippen molar-refractivity contribution in [3.8, 4) is 11.3 Å². The molecule has 0 saturated carbocycles. The lowest BCUT2D eigenvalue weighted by Gasteiger charge is -2.33. The maximum absolute atomic E-state index is 6.23. The second-order valence-corrected chi connectivity index (χ2v) is 10.7. The molecule has 176 valence electrons. The first kappa shape index (κ1) is 21.9. The van der Waals surface area contributed by atoms with Gasteiger partial charge in [0.15, 0.2) is 0 Å². The van der Waals surface area contributed by atoms with Crippen molar-refractivity contribution in [1.82, 2.24) is 15.0 Å². The molecule has 2 aliphatic rings. The largest absolute Gasteiger partial charge is 0.370 e. The van der Waals surface area contributed by atoms with Crippen LogP contribution in [0.1, 0.15) is 25.0 Å². The van der Waals surface area contributed by atoms with Gasteiger partial charge in [-0.05, 0) is 19.4 Å². The molecule has 4 aromatic rings. The first-order valence-electron chi connectivity index (χ1n) is 12.0. The Balaban J connectivity index is 1.44. The molecule has 3 aromatic heterocycles. The highest BCUT2D eigenvalue weighted by atomic mass is 32.1. The number of quaternary nitrogens is 1. The van der Waals surface area contributed by atoms with E-state index in [9.17, 15) is 0 Å². The number of ether oxygens (including phenoxy) is 2. The first-order valence-corrected chi connectivity index (χ1v) is 12.8. The Morgan fingerprint density at radius 2 is 1.91 bits per heavy atom. The third-order valence-electron chi connectivity index (χ3n) is 6.85. The number of rotatable bonds is 5. The molecule has 1 fully saturated rings. The van der Waals surface area contributed by atoms with E-state index in [1.165, 1.54) is 11.1 Å². The number of pyridine rings is 1. The zero-order valence-corrected chi connectivity index (χ0v) is 20.5. The number of thiophene rings is 1. The monoisotopic (exact) mass is 476 g/mol. The van der Waals surface area contributed by atoms with Crippen molar-refractivity contribution >= 4 is 37.6 Å². The lowest BCUT2D eigenvalue weighted by Crippen LogP contribution is -3.14. The quantitative estimate of drug-likeness (QED) is 0.461. The van der Waals surface area contributed by atoms with Crippen LogP contribution in [-0.4, -0.2) is 59.9 Å². The molecule has 1 aromatic carbocycles. The molecule has 7 nitrogen and oxygen atoms in total. The summed E-state index contributed by atoms with van der Waals surface area (Å²) in [5.74, 6) is 0.905. The molecule has 0 aliphatic carbocycles. The summed E-state index contributed by atoms with van der Waals surface area (Å²) in [6.07, 6.45) is 2.51. The first-order chi connectivity index (χ1) is 16.6. The van der Waals surface area contributed by atoms with Crippen LogP contribution in [0.2, 0.25) is 0 Å². The molecule has 5 heterocycles. The Bertz CT molecular complexity index is 1330. The zero-order valence-electron chi connectivity index (χ0n) is 19.7. The highest BCUT2D eigenvalue weighted by Crippen LogP contribution is 2.43. The van der Waals surface area contributed by atoms with Gasteiger partial charge in [0.1, 0.15) is 30.1 Å². The Morgan fingerprint density at radius 1 is 1.09 bits per heavy atom. The lowest BCUT2D eigenvalue weighted by molar-refractivity contribution is -0.906. The Hall–Kier alpha value is -2.65. The number of nitrogens with one attached hydrogen (secondary N) is 2. The maximum Gasteiger partial charge on any atom is 0.147 e. The molecule has 34 heavy (non-hydrogen) atoms. The van der Waals surface area contributed by atoms with Crippen LogP contribution < -0.4 is 10.2 Å². The minimum atomic E-state index is -0.224. The van der Waals surface area contributed by atoms with E-state index in [0.717, 1.165) is 83.3 Å². The molecule has 0 atom stereocenters. The van der Waals surface area contributed by atoms with Gasteiger partial charge in [-0.1, -0.05) is 30.3 Å². The van der Waals surface area contributed by atoms with Gasteiger partial charge in [0, 0.05) is 22.9 Å². The van der Waals surface area contributed by atoms with E-state index in [4.69, 9.17) is 19.4 Å². The Kier molecular flexibility index (Phi) is 5.69. The summed E-state index contributed by atoms with van der Waals surface area (Å²) >= 11 is 1.69. The fourth-order valence-electron chi connectivity index (χ4n) is 5.03. The second-order valence-electron chi connectivity index (χ2n) is 9.73. The van der Waals surface area contributed by atoms with E-state index in [-0.39, 0.29) is 5.60 Å². The van der Waals surface area contributed by atoms with Crippen LogP contribution >= 0.6 is 11.3 Å². The van der Waals surface area contributed by atoms with Crippen LogP contribution in [0.4, 0.5) is 5.82 Å². The van der Waals surface area contributed by atoms with Gasteiger partial charge >= 0.3 is 0 Å². The highest BCUT2D eigenvalue weighted by molar-refractivity contribution is 7.26. The van der Waals surface area contributed by atoms with Gasteiger partial charge < -0.3 is 19.7 Å². The molecule has 1 saturated heterocycles. The average Bonchev–Trinajstić information content (AvgIpc) is 3.24. The van der Waals surface area contributed by atoms with Crippen molar-refractivity contribution in [1.29, 1.82) is 0 Å². The van der Waals surface area contributed by atoms with Crippen molar-refractivity contribution in [3.05, 3.63) is 47.8 Å². The summed E-state index contributed by atoms with van der Waals surface area (Å²) in [7, 11) is 0. The Morgan fingerprint density at radius 3 is 2.74 bits per heavy atom. The summed E-state index contributed by atoms with van der Waals surface area (Å²) in [4.78, 5) is 17.1. The van der Waals surface area contributed by atoms with Gasteiger partial charge in [-0.15, -0.1) is 11.3 Å². The van der Waals surface area contributed by atoms with E-state index >= 15 is 0 Å². The van der Waals surface area contributed by atoms with Crippen LogP contribution in [0.25, 0.3) is 31.7 Å². The molecule has 0 bridgehead atoms. The fourth-order valence-corrected chi connectivity index (χ4v) is 6.16. The van der Waals surface area contributed by atoms with Crippen molar-refractivity contribution in [2.45, 2.75) is 32.5 Å². The third kappa shape index (κ3) is 4.05. The normalized spacial score (nSPS) is 18.3. The number of morpholine rings is 1. The van der Waals surface area contributed by atoms with Crippen molar-refractivity contribution < 1.29 is 14.4 Å². The van der Waals surface area contributed by atoms with Crippen LogP contribution in [0.3, 0.4) is 0 Å². The van der Waals surface area contributed by atoms with Crippen LogP contribution in [-0.2, 0) is 22.5 Å². The predicted molar refractivity (Wildman–Crippen MR) is 136 cm³/mol. The second kappa shape index (κ2) is 8.85. The van der Waals surface area contributed by atoms with Gasteiger partial charge in [-0.25, -0.2) is 15.0 Å². The van der Waals surface area contributed by atoms with E-state index < -0.39 is 0 Å². The van der Waals surface area contributed by atoms with Gasteiger partial charge in [0.25, 0.3) is 0 Å². The summed E-state index contributed by atoms with van der Waals surface area (Å²) in [6.45, 7) is 10.7. The molecular formula is C26H30N5O2S+. The molecule has 8 heteroatoms. The van der Waals surface area contributed by atoms with E-state index in [2.05, 4.69) is 48.4 Å². The van der Waals surface area contributed by atoms with Crippen molar-refractivity contribution in [2.24, 2.45) is 0 Å². The number of aromatic nitrogens is 3. The molecule has 0 amide bonds. The molecule has 2 N–H and O–H groups in total. The van der Waals surface area contributed by atoms with Crippen molar-refractivity contribution in [2.75, 3.05) is 44.7 Å². The standard InChI is InChI=1S/C26H29N5O2S/c1-26(2)14-18-19(15-33-26)21(17-6-4-3-5-7-17)30-25-20(18)22-23(34-25)24(29-16-28-22)27-8-9-31-10-12-32-13-11-31/h3-7,16H,8-15H2,1-2H3,(H,27,28,29)/p+1. The number of nitrogens with zero attached hydrogens (tertiary/aromatic N) is 3. The van der Waals surface area contributed by atoms with Gasteiger partial charge in [-0.3, -0.25) is 0 Å². The molecule has 6 rings (SSSR count). The maximum atomic E-state index is 6.23. The predicted octanol–water partition coefficient (Wildman–Crippen LogP) is 3.08. The number of hydrogen-bond donors (Lipinski definition) is 2. The molecule has 0 unspecified atom stereocenters. The van der Waals surface area contributed by atoms with E-state index in [0.29, 0.717) is 6.61 Å². The smallest absolute Gasteiger partial charge is 0.147 e. The lowest BCUT2D eigenvalue weighted by atomic mass is 9.88. The highest BCUT2D eigenvalue weighted by Gasteiger charge is 2.32. The molecule has 2 aliphatic heterocycles. The fraction of sp³-hybridized carbons (Fsp3) is 0.423. The summed E-state index contributed by atoms with van der Waals surface area (Å²) < 4.78 is 12.8. The minimum Gasteiger partial charge on any atom is -0.370 e. The van der Waals surface area contributed by atoms with Gasteiger partial charge in [0.2, 0.25) is 0 Å². The summed E-state index contributed by atoms with van der Waals surface area (Å²) in [5, 5.41) is 4.75. The van der Waals surface area contributed by atoms with Gasteiger partial charge in [-0.2, -0.15) is 0 Å². The molecule has 0 spiro atoms. The van der Waals surface area contributed by atoms with E-state index in [1.807, 2.05) is 6.07 Å². The summed E-state index contributed by atoms with van der Waals surface area (Å²) in [6, 6.07) is 10.4. The zero-order chi connectivity index (χ0) is 23.1. The number of fused-ring (bicyclic) bond motifs is 5. The topological polar surface area (TPSA) is 73.6 Å². The number of benzene rings is 1. The minimum absolute atomic E-state index is 0.224. The number of hydrogen-bond acceptors (Lipinski definition) is 7. The average molecular weight is 477 g/mol. The molecule has 0 radical (unpaired) electrons.